The molecular formula is C15H7BrF3IN2O2. The van der Waals surface area contributed by atoms with Crippen molar-refractivity contribution < 1.29 is 22.4 Å². The van der Waals surface area contributed by atoms with Crippen LogP contribution in [0, 0.1) is 3.77 Å². The molecule has 1 aliphatic rings. The van der Waals surface area contributed by atoms with Crippen LogP contribution in [0.3, 0.4) is 0 Å². The summed E-state index contributed by atoms with van der Waals surface area (Å²) in [6.45, 7) is 0. The van der Waals surface area contributed by atoms with E-state index in [1.165, 1.54) is 18.2 Å². The highest BCUT2D eigenvalue weighted by Crippen LogP contribution is 2.33. The molecule has 3 rings (SSSR count). The average Bonchev–Trinajstić information content (AvgIpc) is 3.01. The number of rotatable bonds is 2. The molecule has 0 aliphatic carbocycles. The topological polar surface area (TPSA) is 45.8 Å². The van der Waals surface area contributed by atoms with Crippen molar-refractivity contribution in [1.82, 2.24) is 0 Å². The molecule has 0 fully saturated rings. The van der Waals surface area contributed by atoms with Gasteiger partial charge >= 0.3 is 6.18 Å². The second-order valence-corrected chi connectivity index (χ2v) is 6.56. The third kappa shape index (κ3) is 3.27. The molecule has 124 valence electrons. The van der Waals surface area contributed by atoms with Crippen molar-refractivity contribution in [3.05, 3.63) is 56.0 Å². The first-order valence-electron chi connectivity index (χ1n) is 6.49. The number of hydrazone groups is 1. The van der Waals surface area contributed by atoms with E-state index < -0.39 is 23.4 Å². The average molecular weight is 511 g/mol. The summed E-state index contributed by atoms with van der Waals surface area (Å²) in [5, 5.41) is 4.20. The van der Waals surface area contributed by atoms with Crippen LogP contribution in [0.15, 0.2) is 56.0 Å². The molecule has 0 atom stereocenters. The Bertz CT molecular complexity index is 840. The fourth-order valence-electron chi connectivity index (χ4n) is 2.08. The van der Waals surface area contributed by atoms with Crippen LogP contribution in [0.25, 0.3) is 6.08 Å². The van der Waals surface area contributed by atoms with Gasteiger partial charge in [0.05, 0.1) is 15.7 Å². The highest BCUT2D eigenvalue weighted by Gasteiger charge is 2.47. The molecule has 0 radical (unpaired) electrons. The predicted octanol–water partition coefficient (Wildman–Crippen LogP) is 5.00. The fourth-order valence-corrected chi connectivity index (χ4v) is 2.79. The molecule has 24 heavy (non-hydrogen) atoms. The lowest BCUT2D eigenvalue weighted by Gasteiger charge is -2.10. The van der Waals surface area contributed by atoms with Crippen LogP contribution in [0.2, 0.25) is 0 Å². The van der Waals surface area contributed by atoms with Gasteiger partial charge in [0.25, 0.3) is 5.91 Å². The maximum absolute atomic E-state index is 13.3. The van der Waals surface area contributed by atoms with Gasteiger partial charge in [-0.05, 0) is 40.2 Å². The standard InChI is InChI=1S/C15H7BrF3IN2O2/c16-11-7-9(24-13(11)20)6-10-12(15(17,18)19)21-22(14(10)23)8-4-2-1-3-5-8/h1-7H/b10-6-. The first-order valence-corrected chi connectivity index (χ1v) is 8.37. The van der Waals surface area contributed by atoms with Crippen LogP contribution in [-0.2, 0) is 4.79 Å². The van der Waals surface area contributed by atoms with Crippen molar-refractivity contribution in [2.75, 3.05) is 5.01 Å². The highest BCUT2D eigenvalue weighted by molar-refractivity contribution is 14.1. The minimum atomic E-state index is -4.76. The zero-order chi connectivity index (χ0) is 17.5. The molecule has 0 unspecified atom stereocenters. The number of para-hydroxylation sites is 1. The van der Waals surface area contributed by atoms with Gasteiger partial charge in [0.15, 0.2) is 9.48 Å². The number of amides is 1. The Hall–Kier alpha value is -1.62. The second-order valence-electron chi connectivity index (χ2n) is 4.73. The lowest BCUT2D eigenvalue weighted by molar-refractivity contribution is -0.114. The Balaban J connectivity index is 2.08. The summed E-state index contributed by atoms with van der Waals surface area (Å²) in [6.07, 6.45) is -3.72. The number of furan rings is 1. The molecule has 1 amide bonds. The van der Waals surface area contributed by atoms with E-state index >= 15 is 0 Å². The third-order valence-corrected chi connectivity index (χ3v) is 5.23. The Morgan fingerprint density at radius 3 is 2.46 bits per heavy atom. The summed E-state index contributed by atoms with van der Waals surface area (Å²) in [5.41, 5.74) is -1.56. The molecule has 0 spiro atoms. The molecule has 4 nitrogen and oxygen atoms in total. The number of carbonyl (C=O) groups excluding carboxylic acids is 1. The van der Waals surface area contributed by atoms with E-state index in [9.17, 15) is 18.0 Å². The number of anilines is 1. The minimum Gasteiger partial charge on any atom is -0.450 e. The van der Waals surface area contributed by atoms with Gasteiger partial charge in [-0.3, -0.25) is 4.79 Å². The maximum Gasteiger partial charge on any atom is 0.435 e. The van der Waals surface area contributed by atoms with Crippen molar-refractivity contribution in [3.8, 4) is 0 Å². The number of hydrogen-bond acceptors (Lipinski definition) is 3. The van der Waals surface area contributed by atoms with Gasteiger partial charge in [-0.15, -0.1) is 0 Å². The zero-order valence-electron chi connectivity index (χ0n) is 11.6. The molecule has 1 aromatic carbocycles. The van der Waals surface area contributed by atoms with E-state index in [4.69, 9.17) is 4.42 Å². The van der Waals surface area contributed by atoms with Gasteiger partial charge in [0, 0.05) is 22.6 Å². The molecule has 1 aromatic heterocycles. The largest absolute Gasteiger partial charge is 0.450 e. The number of halogens is 5. The number of hydrogen-bond donors (Lipinski definition) is 0. The SMILES string of the molecule is O=C1/C(=C\c2cc(Br)c(I)o2)C(C(F)(F)F)=NN1c1ccccc1. The van der Waals surface area contributed by atoms with Gasteiger partial charge in [0.1, 0.15) is 5.76 Å². The molecule has 2 heterocycles. The number of carbonyl (C=O) groups is 1. The lowest BCUT2D eigenvalue weighted by atomic mass is 10.1. The van der Waals surface area contributed by atoms with Gasteiger partial charge in [-0.2, -0.15) is 23.3 Å². The smallest absolute Gasteiger partial charge is 0.435 e. The van der Waals surface area contributed by atoms with Crippen LogP contribution < -0.4 is 5.01 Å². The van der Waals surface area contributed by atoms with Gasteiger partial charge in [-0.25, -0.2) is 0 Å². The van der Waals surface area contributed by atoms with Crippen molar-refractivity contribution in [3.63, 3.8) is 0 Å². The molecule has 0 saturated heterocycles. The lowest BCUT2D eigenvalue weighted by Crippen LogP contribution is -2.25. The summed E-state index contributed by atoms with van der Waals surface area (Å²) in [4.78, 5) is 12.4. The van der Waals surface area contributed by atoms with Crippen molar-refractivity contribution in [2.24, 2.45) is 5.10 Å². The van der Waals surface area contributed by atoms with E-state index in [2.05, 4.69) is 21.0 Å². The molecule has 2 aromatic rings. The monoisotopic (exact) mass is 510 g/mol. The van der Waals surface area contributed by atoms with Crippen LogP contribution in [0.4, 0.5) is 18.9 Å². The quantitative estimate of drug-likeness (QED) is 0.422. The fraction of sp³-hybridized carbons (Fsp3) is 0.0667. The summed E-state index contributed by atoms with van der Waals surface area (Å²) < 4.78 is 46.2. The van der Waals surface area contributed by atoms with Crippen molar-refractivity contribution >= 4 is 61.9 Å². The molecular weight excluding hydrogens is 504 g/mol. The second kappa shape index (κ2) is 6.36. The third-order valence-electron chi connectivity index (χ3n) is 3.10. The van der Waals surface area contributed by atoms with Crippen LogP contribution in [0.1, 0.15) is 5.76 Å². The number of benzene rings is 1. The van der Waals surface area contributed by atoms with E-state index in [0.29, 0.717) is 8.24 Å². The minimum absolute atomic E-state index is 0.126. The Morgan fingerprint density at radius 2 is 1.92 bits per heavy atom. The Labute approximate surface area is 156 Å². The normalized spacial score (nSPS) is 16.9. The number of nitrogens with zero attached hydrogens (tertiary/aromatic N) is 2. The molecule has 0 N–H and O–H groups in total. The molecule has 0 bridgehead atoms. The Kier molecular flexibility index (Phi) is 4.56. The first-order chi connectivity index (χ1) is 11.3. The van der Waals surface area contributed by atoms with E-state index in [1.54, 1.807) is 18.2 Å². The van der Waals surface area contributed by atoms with Gasteiger partial charge < -0.3 is 4.42 Å². The first kappa shape index (κ1) is 17.2. The maximum atomic E-state index is 13.3. The molecule has 1 aliphatic heterocycles. The zero-order valence-corrected chi connectivity index (χ0v) is 15.4. The van der Waals surface area contributed by atoms with E-state index in [-0.39, 0.29) is 11.4 Å². The van der Waals surface area contributed by atoms with Crippen LogP contribution >= 0.6 is 38.5 Å². The van der Waals surface area contributed by atoms with Gasteiger partial charge in [-0.1, -0.05) is 18.2 Å². The van der Waals surface area contributed by atoms with Crippen LogP contribution in [-0.4, -0.2) is 17.8 Å². The summed E-state index contributed by atoms with van der Waals surface area (Å²) in [5.74, 6) is -0.738. The highest BCUT2D eigenvalue weighted by atomic mass is 127. The number of alkyl halides is 3. The summed E-state index contributed by atoms with van der Waals surface area (Å²) in [7, 11) is 0. The van der Waals surface area contributed by atoms with Crippen molar-refractivity contribution in [2.45, 2.75) is 6.18 Å². The predicted molar refractivity (Wildman–Crippen MR) is 94.5 cm³/mol. The van der Waals surface area contributed by atoms with Crippen LogP contribution in [0.5, 0.6) is 0 Å². The van der Waals surface area contributed by atoms with E-state index in [0.717, 1.165) is 11.1 Å². The summed E-state index contributed by atoms with van der Waals surface area (Å²) >= 11 is 5.09. The van der Waals surface area contributed by atoms with Gasteiger partial charge in [0.2, 0.25) is 0 Å². The molecule has 0 saturated carbocycles. The molecule has 9 heteroatoms. The van der Waals surface area contributed by atoms with Crippen molar-refractivity contribution in [1.29, 1.82) is 0 Å². The Morgan fingerprint density at radius 1 is 1.25 bits per heavy atom. The van der Waals surface area contributed by atoms with E-state index in [1.807, 2.05) is 22.6 Å². The summed E-state index contributed by atoms with van der Waals surface area (Å²) in [6, 6.07) is 9.41.